The molecule has 3 saturated carbocycles. The van der Waals surface area contributed by atoms with Crippen LogP contribution in [0.1, 0.15) is 97.1 Å². The predicted octanol–water partition coefficient (Wildman–Crippen LogP) is 2.81. The molecule has 4 aliphatic carbocycles. The first-order valence-corrected chi connectivity index (χ1v) is 20.3. The molecule has 1 aromatic rings. The highest BCUT2D eigenvalue weighted by atomic mass is 32.2. The number of nitrogens with zero attached hydrogens (tertiary/aromatic N) is 1. The lowest BCUT2D eigenvalue weighted by molar-refractivity contribution is -0.144. The lowest BCUT2D eigenvalue weighted by Crippen LogP contribution is -2.63. The fourth-order valence-corrected chi connectivity index (χ4v) is 10.6. The zero-order valence-corrected chi connectivity index (χ0v) is 31.4. The van der Waals surface area contributed by atoms with Gasteiger partial charge in [0.25, 0.3) is 5.91 Å². The van der Waals surface area contributed by atoms with Crippen LogP contribution in [0.5, 0.6) is 0 Å². The number of likely N-dealkylation sites (tertiary alicyclic amines) is 1. The molecule has 1 saturated heterocycles. The Morgan fingerprint density at radius 1 is 0.961 bits per heavy atom. The number of carbonyl (C=O) groups is 5. The molecule has 1 heterocycles. The second-order valence-corrected chi connectivity index (χ2v) is 20.3. The maximum Gasteiger partial charge on any atom is 0.315 e. The van der Waals surface area contributed by atoms with Gasteiger partial charge in [-0.05, 0) is 93.1 Å². The van der Waals surface area contributed by atoms with Crippen LogP contribution in [0.4, 0.5) is 4.79 Å². The van der Waals surface area contributed by atoms with Crippen molar-refractivity contribution in [3.63, 3.8) is 0 Å². The fourth-order valence-electron chi connectivity index (χ4n) is 9.08. The van der Waals surface area contributed by atoms with E-state index >= 15 is 0 Å². The van der Waals surface area contributed by atoms with Crippen LogP contribution in [0.2, 0.25) is 0 Å². The van der Waals surface area contributed by atoms with Crippen LogP contribution >= 0.6 is 0 Å². The molecule has 1 aromatic carbocycles. The van der Waals surface area contributed by atoms with Crippen LogP contribution in [-0.4, -0.2) is 83.6 Å². The van der Waals surface area contributed by atoms with Crippen LogP contribution in [0.3, 0.4) is 0 Å². The summed E-state index contributed by atoms with van der Waals surface area (Å²) in [6, 6.07) is 4.39. The number of amides is 5. The maximum atomic E-state index is 14.8. The summed E-state index contributed by atoms with van der Waals surface area (Å²) in [4.78, 5) is 69.2. The normalized spacial score (nSPS) is 26.3. The van der Waals surface area contributed by atoms with Gasteiger partial charge in [0.2, 0.25) is 17.6 Å². The molecule has 51 heavy (non-hydrogen) atoms. The molecule has 0 radical (unpaired) electrons. The number of piperidine rings is 1. The van der Waals surface area contributed by atoms with Gasteiger partial charge in [0.1, 0.15) is 12.1 Å². The Bertz CT molecular complexity index is 1670. The van der Waals surface area contributed by atoms with Gasteiger partial charge in [-0.25, -0.2) is 13.2 Å². The SMILES string of the molecule is CC1(C)C2CN(C(=O)[C@@H](NC(=O)NC3(CS(=O)(=O)C(C)(C)C)CCCCC3)C3Cc4ccccc4C3)[C@H](C(=O)NC(CC3CC3)C(=O)C(N)=O)[C@H]21. The number of primary amides is 1. The molecule has 0 spiro atoms. The van der Waals surface area contributed by atoms with Crippen molar-refractivity contribution in [3.05, 3.63) is 35.4 Å². The molecule has 5 atom stereocenters. The summed E-state index contributed by atoms with van der Waals surface area (Å²) >= 11 is 0. The summed E-state index contributed by atoms with van der Waals surface area (Å²) in [6.07, 6.45) is 6.79. The number of Topliss-reactive ketones (excluding diaryl/α,β-unsaturated/α-hetero) is 1. The third-order valence-electron chi connectivity index (χ3n) is 12.6. The molecule has 5 N–H and O–H groups in total. The van der Waals surface area contributed by atoms with E-state index in [1.165, 1.54) is 0 Å². The fraction of sp³-hybridized carbons (Fsp3) is 0.711. The van der Waals surface area contributed by atoms with Crippen molar-refractivity contribution >= 4 is 39.4 Å². The van der Waals surface area contributed by atoms with Crippen LogP contribution in [0.25, 0.3) is 0 Å². The van der Waals surface area contributed by atoms with Crippen molar-refractivity contribution in [1.29, 1.82) is 0 Å². The maximum absolute atomic E-state index is 14.8. The highest BCUT2D eigenvalue weighted by Gasteiger charge is 2.70. The Balaban J connectivity index is 1.27. The Morgan fingerprint density at radius 2 is 1.57 bits per heavy atom. The first kappa shape index (κ1) is 37.3. The number of carbonyl (C=O) groups excluding carboxylic acids is 5. The summed E-state index contributed by atoms with van der Waals surface area (Å²) in [5.41, 5.74) is 6.36. The van der Waals surface area contributed by atoms with Gasteiger partial charge in [0.15, 0.2) is 9.84 Å². The number of urea groups is 1. The summed E-state index contributed by atoms with van der Waals surface area (Å²) < 4.78 is 25.9. The van der Waals surface area contributed by atoms with E-state index in [0.29, 0.717) is 38.6 Å². The molecule has 0 aromatic heterocycles. The molecule has 12 nitrogen and oxygen atoms in total. The number of nitrogens with two attached hydrogens (primary N) is 1. The smallest absolute Gasteiger partial charge is 0.315 e. The molecule has 5 aliphatic rings. The third kappa shape index (κ3) is 7.55. The number of ketones is 1. The van der Waals surface area contributed by atoms with Crippen LogP contribution in [0, 0.1) is 29.1 Å². The average Bonchev–Trinajstić information content (AvgIpc) is 3.80. The number of fused-ring (bicyclic) bond motifs is 2. The Hall–Kier alpha value is -3.48. The van der Waals surface area contributed by atoms with Crippen molar-refractivity contribution in [2.75, 3.05) is 12.3 Å². The van der Waals surface area contributed by atoms with Gasteiger partial charge in [-0.15, -0.1) is 0 Å². The monoisotopic (exact) mass is 725 g/mol. The average molecular weight is 726 g/mol. The van der Waals surface area contributed by atoms with Gasteiger partial charge in [0, 0.05) is 6.54 Å². The molecule has 13 heteroatoms. The summed E-state index contributed by atoms with van der Waals surface area (Å²) in [5.74, 6) is -3.19. The Morgan fingerprint density at radius 3 is 2.12 bits per heavy atom. The molecule has 4 fully saturated rings. The Kier molecular flexibility index (Phi) is 9.86. The standard InChI is InChI=1S/C38H55N5O7S/c1-36(2,3)51(49,50)21-38(15-9-6-10-16-38)42-35(48)41-29(25-18-23-11-7-8-12-24(23)19-25)34(47)43-20-26-28(37(26,4)5)30(43)33(46)40-27(17-22-13-14-22)31(44)32(39)45/h7-8,11-12,22,25-30H,6,9-10,13-21H2,1-5H3,(H2,39,45)(H,40,46)(H2,41,42,48)/t26?,27?,28-,29-,30-/m0/s1. The van der Waals surface area contributed by atoms with E-state index < -0.39 is 61.9 Å². The highest BCUT2D eigenvalue weighted by molar-refractivity contribution is 7.92. The highest BCUT2D eigenvalue weighted by Crippen LogP contribution is 2.65. The molecular weight excluding hydrogens is 671 g/mol. The third-order valence-corrected chi connectivity index (χ3v) is 15.4. The van der Waals surface area contributed by atoms with Crippen molar-refractivity contribution in [3.8, 4) is 0 Å². The zero-order chi connectivity index (χ0) is 37.1. The minimum atomic E-state index is -3.58. The van der Waals surface area contributed by atoms with E-state index in [1.807, 2.05) is 24.3 Å². The van der Waals surface area contributed by atoms with Crippen molar-refractivity contribution in [1.82, 2.24) is 20.9 Å². The quantitative estimate of drug-likeness (QED) is 0.239. The number of hydrogen-bond donors (Lipinski definition) is 4. The van der Waals surface area contributed by atoms with Crippen molar-refractivity contribution in [2.45, 2.75) is 127 Å². The van der Waals surface area contributed by atoms with Crippen LogP contribution < -0.4 is 21.7 Å². The predicted molar refractivity (Wildman–Crippen MR) is 192 cm³/mol. The summed E-state index contributed by atoms with van der Waals surface area (Å²) in [7, 11) is -3.58. The van der Waals surface area contributed by atoms with Gasteiger partial charge in [0.05, 0.1) is 22.1 Å². The number of nitrogens with one attached hydrogen (secondary N) is 3. The largest absolute Gasteiger partial charge is 0.363 e. The van der Waals surface area contributed by atoms with Gasteiger partial charge in [-0.2, -0.15) is 0 Å². The molecular formula is C38H55N5O7S. The first-order valence-electron chi connectivity index (χ1n) is 18.7. The molecule has 2 unspecified atom stereocenters. The second-order valence-electron chi connectivity index (χ2n) is 17.6. The van der Waals surface area contributed by atoms with Crippen LogP contribution in [-0.2, 0) is 41.9 Å². The van der Waals surface area contributed by atoms with E-state index in [9.17, 15) is 32.4 Å². The van der Waals surface area contributed by atoms with E-state index in [4.69, 9.17) is 5.73 Å². The number of rotatable bonds is 12. The van der Waals surface area contributed by atoms with E-state index in [1.54, 1.807) is 25.7 Å². The molecule has 280 valence electrons. The number of sulfone groups is 1. The molecule has 5 amide bonds. The van der Waals surface area contributed by atoms with Crippen LogP contribution in [0.15, 0.2) is 24.3 Å². The molecule has 0 bridgehead atoms. The van der Waals surface area contributed by atoms with E-state index in [0.717, 1.165) is 43.2 Å². The molecule has 6 rings (SSSR count). The van der Waals surface area contributed by atoms with Crippen molar-refractivity contribution in [2.24, 2.45) is 34.8 Å². The lowest BCUT2D eigenvalue weighted by atomic mass is 9.83. The number of benzene rings is 1. The van der Waals surface area contributed by atoms with E-state index in [-0.39, 0.29) is 40.7 Å². The molecule has 1 aliphatic heterocycles. The Labute approximate surface area is 301 Å². The minimum Gasteiger partial charge on any atom is -0.363 e. The van der Waals surface area contributed by atoms with Gasteiger partial charge in [-0.3, -0.25) is 19.2 Å². The topological polar surface area (TPSA) is 185 Å². The summed E-state index contributed by atoms with van der Waals surface area (Å²) in [5, 5.41) is 8.87. The number of hydrogen-bond acceptors (Lipinski definition) is 7. The van der Waals surface area contributed by atoms with Crippen molar-refractivity contribution < 1.29 is 32.4 Å². The zero-order valence-electron chi connectivity index (χ0n) is 30.6. The van der Waals surface area contributed by atoms with Gasteiger partial charge in [-0.1, -0.05) is 70.2 Å². The summed E-state index contributed by atoms with van der Waals surface area (Å²) in [6.45, 7) is 9.44. The first-order chi connectivity index (χ1) is 23.8. The minimum absolute atomic E-state index is 0.0503. The van der Waals surface area contributed by atoms with Gasteiger partial charge < -0.3 is 26.6 Å². The van der Waals surface area contributed by atoms with E-state index in [2.05, 4.69) is 29.8 Å². The van der Waals surface area contributed by atoms with Gasteiger partial charge >= 0.3 is 6.03 Å². The lowest BCUT2D eigenvalue weighted by Gasteiger charge is -2.40. The second kappa shape index (κ2) is 13.5.